The highest BCUT2D eigenvalue weighted by Crippen LogP contribution is 2.29. The van der Waals surface area contributed by atoms with Gasteiger partial charge in [-0.15, -0.1) is 10.2 Å². The molecular formula is C13H16ClN3S. The van der Waals surface area contributed by atoms with Crippen molar-refractivity contribution in [2.45, 2.75) is 26.3 Å². The molecule has 5 heteroatoms. The Morgan fingerprint density at radius 1 is 1.33 bits per heavy atom. The summed E-state index contributed by atoms with van der Waals surface area (Å²) in [5, 5.41) is 14.6. The van der Waals surface area contributed by atoms with Gasteiger partial charge in [-0.3, -0.25) is 0 Å². The number of aromatic nitrogens is 2. The lowest BCUT2D eigenvalue weighted by Crippen LogP contribution is -2.19. The highest BCUT2D eigenvalue weighted by Gasteiger charge is 2.14. The molecule has 18 heavy (non-hydrogen) atoms. The average Bonchev–Trinajstić information content (AvgIpc) is 2.85. The Balaban J connectivity index is 2.24. The van der Waals surface area contributed by atoms with Crippen LogP contribution in [0, 0.1) is 0 Å². The lowest BCUT2D eigenvalue weighted by atomic mass is 10.2. The molecule has 3 nitrogen and oxygen atoms in total. The summed E-state index contributed by atoms with van der Waals surface area (Å²) in [4.78, 5) is 0. The second kappa shape index (κ2) is 6.27. The van der Waals surface area contributed by atoms with Crippen molar-refractivity contribution in [3.05, 3.63) is 34.3 Å². The predicted octanol–water partition coefficient (Wildman–Crippen LogP) is 3.92. The van der Waals surface area contributed by atoms with Crippen molar-refractivity contribution in [1.82, 2.24) is 15.5 Å². The molecular weight excluding hydrogens is 266 g/mol. The Bertz CT molecular complexity index is 512. The number of benzene rings is 1. The first-order chi connectivity index (χ1) is 8.74. The minimum atomic E-state index is 0.292. The van der Waals surface area contributed by atoms with Crippen molar-refractivity contribution < 1.29 is 0 Å². The standard InChI is InChI=1S/C13H16ClN3S/c1-3-11(15-4-2)13-17-16-12(18-13)9-6-5-7-10(14)8-9/h5-8,11,15H,3-4H2,1-2H3. The molecule has 0 saturated heterocycles. The Hall–Kier alpha value is -0.970. The van der Waals surface area contributed by atoms with Gasteiger partial charge in [-0.25, -0.2) is 0 Å². The molecule has 2 rings (SSSR count). The third-order valence-corrected chi connectivity index (χ3v) is 3.99. The van der Waals surface area contributed by atoms with Gasteiger partial charge in [0.05, 0.1) is 6.04 Å². The third kappa shape index (κ3) is 3.07. The van der Waals surface area contributed by atoms with Crippen LogP contribution in [-0.2, 0) is 0 Å². The number of hydrogen-bond donors (Lipinski definition) is 1. The van der Waals surface area contributed by atoms with E-state index in [4.69, 9.17) is 11.6 Å². The maximum Gasteiger partial charge on any atom is 0.147 e. The van der Waals surface area contributed by atoms with Gasteiger partial charge in [-0.1, -0.05) is 48.9 Å². The van der Waals surface area contributed by atoms with Crippen molar-refractivity contribution >= 4 is 22.9 Å². The normalized spacial score (nSPS) is 12.6. The van der Waals surface area contributed by atoms with E-state index in [1.165, 1.54) is 0 Å². The summed E-state index contributed by atoms with van der Waals surface area (Å²) >= 11 is 7.61. The van der Waals surface area contributed by atoms with Crippen LogP contribution < -0.4 is 5.32 Å². The van der Waals surface area contributed by atoms with Crippen LogP contribution in [-0.4, -0.2) is 16.7 Å². The molecule has 0 spiro atoms. The first kappa shape index (κ1) is 13.5. The van der Waals surface area contributed by atoms with Gasteiger partial charge in [0, 0.05) is 10.6 Å². The van der Waals surface area contributed by atoms with Gasteiger partial charge in [0.25, 0.3) is 0 Å². The fourth-order valence-electron chi connectivity index (χ4n) is 1.77. The van der Waals surface area contributed by atoms with Crippen LogP contribution >= 0.6 is 22.9 Å². The first-order valence-electron chi connectivity index (χ1n) is 6.07. The van der Waals surface area contributed by atoms with Crippen LogP contribution in [0.5, 0.6) is 0 Å². The van der Waals surface area contributed by atoms with Gasteiger partial charge in [-0.2, -0.15) is 0 Å². The van der Waals surface area contributed by atoms with Crippen molar-refractivity contribution in [3.63, 3.8) is 0 Å². The highest BCUT2D eigenvalue weighted by atomic mass is 35.5. The maximum absolute atomic E-state index is 5.99. The van der Waals surface area contributed by atoms with E-state index < -0.39 is 0 Å². The zero-order valence-corrected chi connectivity index (χ0v) is 12.1. The maximum atomic E-state index is 5.99. The zero-order valence-electron chi connectivity index (χ0n) is 10.5. The highest BCUT2D eigenvalue weighted by molar-refractivity contribution is 7.14. The van der Waals surface area contributed by atoms with Crippen molar-refractivity contribution in [2.75, 3.05) is 6.54 Å². The van der Waals surface area contributed by atoms with Crippen LogP contribution in [0.2, 0.25) is 5.02 Å². The molecule has 1 aromatic heterocycles. The lowest BCUT2D eigenvalue weighted by molar-refractivity contribution is 0.531. The van der Waals surface area contributed by atoms with Gasteiger partial charge < -0.3 is 5.32 Å². The van der Waals surface area contributed by atoms with Crippen LogP contribution in [0.25, 0.3) is 10.6 Å². The Morgan fingerprint density at radius 2 is 2.17 bits per heavy atom. The molecule has 1 N–H and O–H groups in total. The smallest absolute Gasteiger partial charge is 0.147 e. The second-order valence-corrected chi connectivity index (χ2v) is 5.42. The number of nitrogens with one attached hydrogen (secondary N) is 1. The monoisotopic (exact) mass is 281 g/mol. The zero-order chi connectivity index (χ0) is 13.0. The van der Waals surface area contributed by atoms with E-state index in [1.807, 2.05) is 24.3 Å². The molecule has 1 heterocycles. The van der Waals surface area contributed by atoms with Crippen molar-refractivity contribution in [2.24, 2.45) is 0 Å². The van der Waals surface area contributed by atoms with Crippen LogP contribution in [0.4, 0.5) is 0 Å². The molecule has 0 aliphatic rings. The first-order valence-corrected chi connectivity index (χ1v) is 7.26. The largest absolute Gasteiger partial charge is 0.308 e. The number of hydrogen-bond acceptors (Lipinski definition) is 4. The molecule has 1 atom stereocenters. The van der Waals surface area contributed by atoms with Gasteiger partial charge >= 0.3 is 0 Å². The Labute approximate surface area is 116 Å². The van der Waals surface area contributed by atoms with E-state index in [9.17, 15) is 0 Å². The molecule has 0 aliphatic carbocycles. The molecule has 0 saturated carbocycles. The summed E-state index contributed by atoms with van der Waals surface area (Å²) in [5.74, 6) is 0. The van der Waals surface area contributed by atoms with Gasteiger partial charge in [0.1, 0.15) is 10.0 Å². The van der Waals surface area contributed by atoms with Crippen molar-refractivity contribution in [1.29, 1.82) is 0 Å². The summed E-state index contributed by atoms with van der Waals surface area (Å²) in [5.41, 5.74) is 1.03. The predicted molar refractivity (Wildman–Crippen MR) is 77.1 cm³/mol. The average molecular weight is 282 g/mol. The van der Waals surface area contributed by atoms with E-state index >= 15 is 0 Å². The SMILES string of the molecule is CCNC(CC)c1nnc(-c2cccc(Cl)c2)s1. The summed E-state index contributed by atoms with van der Waals surface area (Å²) < 4.78 is 0. The molecule has 2 aromatic rings. The third-order valence-electron chi connectivity index (χ3n) is 2.67. The molecule has 0 fully saturated rings. The second-order valence-electron chi connectivity index (χ2n) is 3.97. The lowest BCUT2D eigenvalue weighted by Gasteiger charge is -2.10. The number of halogens is 1. The molecule has 0 radical (unpaired) electrons. The summed E-state index contributed by atoms with van der Waals surface area (Å²) in [6.45, 7) is 5.18. The molecule has 0 amide bonds. The van der Waals surface area contributed by atoms with E-state index in [0.717, 1.165) is 33.6 Å². The van der Waals surface area contributed by atoms with E-state index in [1.54, 1.807) is 11.3 Å². The minimum absolute atomic E-state index is 0.292. The van der Waals surface area contributed by atoms with Crippen LogP contribution in [0.3, 0.4) is 0 Å². The summed E-state index contributed by atoms with van der Waals surface area (Å²) in [6, 6.07) is 8.01. The molecule has 0 aliphatic heterocycles. The fourth-order valence-corrected chi connectivity index (χ4v) is 2.95. The van der Waals surface area contributed by atoms with Crippen molar-refractivity contribution in [3.8, 4) is 10.6 Å². The topological polar surface area (TPSA) is 37.8 Å². The number of nitrogens with zero attached hydrogens (tertiary/aromatic N) is 2. The molecule has 1 aromatic carbocycles. The van der Waals surface area contributed by atoms with E-state index in [2.05, 4.69) is 29.4 Å². The molecule has 1 unspecified atom stereocenters. The summed E-state index contributed by atoms with van der Waals surface area (Å²) in [6.07, 6.45) is 1.01. The quantitative estimate of drug-likeness (QED) is 0.903. The Kier molecular flexibility index (Phi) is 4.69. The molecule has 96 valence electrons. The minimum Gasteiger partial charge on any atom is -0.308 e. The van der Waals surface area contributed by atoms with E-state index in [-0.39, 0.29) is 0 Å². The van der Waals surface area contributed by atoms with Crippen LogP contribution in [0.15, 0.2) is 24.3 Å². The summed E-state index contributed by atoms with van der Waals surface area (Å²) in [7, 11) is 0. The van der Waals surface area contributed by atoms with Crippen LogP contribution in [0.1, 0.15) is 31.3 Å². The molecule has 0 bridgehead atoms. The van der Waals surface area contributed by atoms with E-state index in [0.29, 0.717) is 6.04 Å². The number of rotatable bonds is 5. The van der Waals surface area contributed by atoms with Gasteiger partial charge in [0.2, 0.25) is 0 Å². The fraction of sp³-hybridized carbons (Fsp3) is 0.385. The Morgan fingerprint density at radius 3 is 2.83 bits per heavy atom. The van der Waals surface area contributed by atoms with Gasteiger partial charge in [0.15, 0.2) is 0 Å². The van der Waals surface area contributed by atoms with Gasteiger partial charge in [-0.05, 0) is 25.1 Å².